The van der Waals surface area contributed by atoms with Gasteiger partial charge < -0.3 is 0 Å². The van der Waals surface area contributed by atoms with Gasteiger partial charge in [0.2, 0.25) is 5.24 Å². The van der Waals surface area contributed by atoms with Crippen LogP contribution in [0, 0.1) is 10.1 Å². The number of benzene rings is 1. The highest BCUT2D eigenvalue weighted by Gasteiger charge is 2.10. The molecule has 4 nitrogen and oxygen atoms in total. The molecule has 0 saturated carbocycles. The van der Waals surface area contributed by atoms with Gasteiger partial charge in [-0.25, -0.2) is 0 Å². The summed E-state index contributed by atoms with van der Waals surface area (Å²) >= 11 is 5.23. The number of nitro groups is 1. The van der Waals surface area contributed by atoms with Crippen LogP contribution in [0.1, 0.15) is 18.1 Å². The molecule has 1 aromatic rings. The molecule has 0 fully saturated rings. The fourth-order valence-electron chi connectivity index (χ4n) is 1.32. The fraction of sp³-hybridized carbons (Fsp3) is 0.300. The second-order valence-electron chi connectivity index (χ2n) is 3.15. The Labute approximate surface area is 92.0 Å². The van der Waals surface area contributed by atoms with Crippen LogP contribution in [-0.2, 0) is 17.6 Å². The number of non-ortho nitro benzene ring substituents is 1. The minimum absolute atomic E-state index is 0.00210. The molecule has 80 valence electrons. The highest BCUT2D eigenvalue weighted by molar-refractivity contribution is 6.63. The average Bonchev–Trinajstić information content (AvgIpc) is 2.16. The van der Waals surface area contributed by atoms with Crippen LogP contribution in [0.4, 0.5) is 5.69 Å². The zero-order valence-electron chi connectivity index (χ0n) is 8.20. The summed E-state index contributed by atoms with van der Waals surface area (Å²) in [7, 11) is 0. The van der Waals surface area contributed by atoms with Crippen molar-refractivity contribution in [2.75, 3.05) is 0 Å². The SMILES string of the molecule is CCc1cc(CC(=O)Cl)cc([N+](=O)[O-])c1. The first-order chi connectivity index (χ1) is 7.02. The number of nitro benzene ring substituents is 1. The van der Waals surface area contributed by atoms with Gasteiger partial charge in [0, 0.05) is 18.6 Å². The van der Waals surface area contributed by atoms with Crippen molar-refractivity contribution in [2.45, 2.75) is 19.8 Å². The van der Waals surface area contributed by atoms with Crippen molar-refractivity contribution in [1.82, 2.24) is 0 Å². The highest BCUT2D eigenvalue weighted by atomic mass is 35.5. The molecule has 0 atom stereocenters. The summed E-state index contributed by atoms with van der Waals surface area (Å²) in [6.07, 6.45) is 0.710. The second-order valence-corrected chi connectivity index (χ2v) is 3.57. The molecular weight excluding hydrogens is 218 g/mol. The molecule has 0 aliphatic rings. The third kappa shape index (κ3) is 3.32. The number of halogens is 1. The smallest absolute Gasteiger partial charge is 0.269 e. The van der Waals surface area contributed by atoms with Gasteiger partial charge in [0.1, 0.15) is 0 Å². The van der Waals surface area contributed by atoms with Crippen LogP contribution >= 0.6 is 11.6 Å². The largest absolute Gasteiger partial charge is 0.281 e. The Hall–Kier alpha value is -1.42. The van der Waals surface area contributed by atoms with Crippen LogP contribution in [0.5, 0.6) is 0 Å². The van der Waals surface area contributed by atoms with E-state index < -0.39 is 10.2 Å². The maximum absolute atomic E-state index is 10.7. The Bertz CT molecular complexity index is 404. The molecule has 0 spiro atoms. The highest BCUT2D eigenvalue weighted by Crippen LogP contribution is 2.18. The molecule has 0 radical (unpaired) electrons. The molecule has 0 amide bonds. The van der Waals surface area contributed by atoms with Crippen LogP contribution in [0.2, 0.25) is 0 Å². The predicted octanol–water partition coefficient (Wildman–Crippen LogP) is 2.47. The molecular formula is C10H10ClNO3. The van der Waals surface area contributed by atoms with Crippen molar-refractivity contribution >= 4 is 22.5 Å². The summed E-state index contributed by atoms with van der Waals surface area (Å²) in [5.41, 5.74) is 1.42. The number of nitrogens with zero attached hydrogens (tertiary/aromatic N) is 1. The first-order valence-corrected chi connectivity index (χ1v) is 4.86. The molecule has 0 aliphatic heterocycles. The normalized spacial score (nSPS) is 10.0. The van der Waals surface area contributed by atoms with Gasteiger partial charge in [0.05, 0.1) is 4.92 Å². The van der Waals surface area contributed by atoms with Crippen LogP contribution in [0.15, 0.2) is 18.2 Å². The van der Waals surface area contributed by atoms with Crippen LogP contribution in [0.25, 0.3) is 0 Å². The van der Waals surface area contributed by atoms with E-state index in [0.29, 0.717) is 12.0 Å². The Morgan fingerprint density at radius 3 is 2.47 bits per heavy atom. The Morgan fingerprint density at radius 1 is 1.40 bits per heavy atom. The minimum Gasteiger partial charge on any atom is -0.281 e. The molecule has 0 N–H and O–H groups in total. The molecule has 1 rings (SSSR count). The molecule has 1 aromatic carbocycles. The number of carbonyl (C=O) groups excluding carboxylic acids is 1. The lowest BCUT2D eigenvalue weighted by molar-refractivity contribution is -0.385. The van der Waals surface area contributed by atoms with Crippen molar-refractivity contribution in [3.05, 3.63) is 39.4 Å². The van der Waals surface area contributed by atoms with Gasteiger partial charge in [-0.05, 0) is 29.1 Å². The van der Waals surface area contributed by atoms with E-state index in [-0.39, 0.29) is 12.1 Å². The van der Waals surface area contributed by atoms with Gasteiger partial charge in [-0.1, -0.05) is 13.0 Å². The first kappa shape index (κ1) is 11.7. The molecule has 0 aliphatic carbocycles. The van der Waals surface area contributed by atoms with Gasteiger partial charge in [0.15, 0.2) is 0 Å². The van der Waals surface area contributed by atoms with Crippen LogP contribution in [-0.4, -0.2) is 10.2 Å². The van der Waals surface area contributed by atoms with E-state index >= 15 is 0 Å². The van der Waals surface area contributed by atoms with E-state index in [9.17, 15) is 14.9 Å². The van der Waals surface area contributed by atoms with Crippen molar-refractivity contribution < 1.29 is 9.72 Å². The summed E-state index contributed by atoms with van der Waals surface area (Å²) in [5.74, 6) is 0. The van der Waals surface area contributed by atoms with Gasteiger partial charge in [-0.2, -0.15) is 0 Å². The summed E-state index contributed by atoms with van der Waals surface area (Å²) in [6, 6.07) is 4.63. The Morgan fingerprint density at radius 2 is 2.00 bits per heavy atom. The summed E-state index contributed by atoms with van der Waals surface area (Å²) in [5, 5.41) is 10.1. The average molecular weight is 228 g/mol. The zero-order valence-corrected chi connectivity index (χ0v) is 8.95. The van der Waals surface area contributed by atoms with E-state index in [4.69, 9.17) is 11.6 Å². The number of hydrogen-bond acceptors (Lipinski definition) is 3. The molecule has 0 saturated heterocycles. The second kappa shape index (κ2) is 4.89. The van der Waals surface area contributed by atoms with E-state index in [1.807, 2.05) is 6.92 Å². The van der Waals surface area contributed by atoms with Crippen LogP contribution < -0.4 is 0 Å². The Kier molecular flexibility index (Phi) is 3.80. The monoisotopic (exact) mass is 227 g/mol. The number of rotatable bonds is 4. The summed E-state index contributed by atoms with van der Waals surface area (Å²) < 4.78 is 0. The third-order valence-corrected chi connectivity index (χ3v) is 2.13. The molecule has 0 aromatic heterocycles. The van der Waals surface area contributed by atoms with E-state index in [0.717, 1.165) is 5.56 Å². The van der Waals surface area contributed by atoms with Crippen molar-refractivity contribution in [3.8, 4) is 0 Å². The summed E-state index contributed by atoms with van der Waals surface area (Å²) in [4.78, 5) is 20.8. The molecule has 5 heteroatoms. The van der Waals surface area contributed by atoms with Gasteiger partial charge in [-0.3, -0.25) is 14.9 Å². The molecule has 0 heterocycles. The maximum Gasteiger partial charge on any atom is 0.269 e. The maximum atomic E-state index is 10.7. The standard InChI is InChI=1S/C10H10ClNO3/c1-2-7-3-8(6-10(11)13)5-9(4-7)12(14)15/h3-5H,2,6H2,1H3. The Balaban J connectivity index is 3.11. The van der Waals surface area contributed by atoms with Gasteiger partial charge >= 0.3 is 0 Å². The topological polar surface area (TPSA) is 60.2 Å². The number of hydrogen-bond donors (Lipinski definition) is 0. The molecule has 0 bridgehead atoms. The lowest BCUT2D eigenvalue weighted by atomic mass is 10.1. The first-order valence-electron chi connectivity index (χ1n) is 4.48. The van der Waals surface area contributed by atoms with Crippen molar-refractivity contribution in [3.63, 3.8) is 0 Å². The van der Waals surface area contributed by atoms with Crippen LogP contribution in [0.3, 0.4) is 0 Å². The van der Waals surface area contributed by atoms with Crippen molar-refractivity contribution in [1.29, 1.82) is 0 Å². The fourth-order valence-corrected chi connectivity index (χ4v) is 1.47. The van der Waals surface area contributed by atoms with E-state index in [1.165, 1.54) is 12.1 Å². The lowest BCUT2D eigenvalue weighted by Crippen LogP contribution is -1.97. The quantitative estimate of drug-likeness (QED) is 0.451. The predicted molar refractivity (Wildman–Crippen MR) is 57.0 cm³/mol. The van der Waals surface area contributed by atoms with Gasteiger partial charge in [-0.15, -0.1) is 0 Å². The zero-order chi connectivity index (χ0) is 11.4. The minimum atomic E-state index is -0.516. The van der Waals surface area contributed by atoms with Gasteiger partial charge in [0.25, 0.3) is 5.69 Å². The van der Waals surface area contributed by atoms with E-state index in [2.05, 4.69) is 0 Å². The molecule has 15 heavy (non-hydrogen) atoms. The molecule has 0 unspecified atom stereocenters. The number of aryl methyl sites for hydroxylation is 1. The van der Waals surface area contributed by atoms with Crippen molar-refractivity contribution in [2.24, 2.45) is 0 Å². The third-order valence-electron chi connectivity index (χ3n) is 2.00. The lowest BCUT2D eigenvalue weighted by Gasteiger charge is -2.01. The van der Waals surface area contributed by atoms with E-state index in [1.54, 1.807) is 6.07 Å². The number of carbonyl (C=O) groups is 1. The summed E-state index contributed by atoms with van der Waals surface area (Å²) in [6.45, 7) is 1.89.